The molecule has 1 heterocycles. The average Bonchev–Trinajstić information content (AvgIpc) is 1.90. The molecule has 0 saturated carbocycles. The van der Waals surface area contributed by atoms with Gasteiger partial charge in [-0.3, -0.25) is 0 Å². The maximum Gasteiger partial charge on any atom is 1.00 e. The first-order chi connectivity index (χ1) is 4.30. The van der Waals surface area contributed by atoms with Crippen molar-refractivity contribution in [1.82, 2.24) is 4.90 Å². The molecule has 0 amide bonds. The van der Waals surface area contributed by atoms with Gasteiger partial charge in [0.2, 0.25) is 0 Å². The molecule has 1 rings (SSSR count). The molecular formula is C7H14KNO. The Bertz CT molecular complexity index is 81.7. The Morgan fingerprint density at radius 1 is 1.40 bits per heavy atom. The third-order valence-electron chi connectivity index (χ3n) is 1.67. The van der Waals surface area contributed by atoms with E-state index in [1.165, 1.54) is 0 Å². The topological polar surface area (TPSA) is 12.5 Å². The van der Waals surface area contributed by atoms with Crippen LogP contribution in [-0.4, -0.2) is 37.2 Å². The molecule has 1 unspecified atom stereocenters. The molecule has 0 aromatic carbocycles. The van der Waals surface area contributed by atoms with Crippen LogP contribution in [0.1, 0.15) is 6.92 Å². The van der Waals surface area contributed by atoms with Crippen molar-refractivity contribution in [3.05, 3.63) is 6.92 Å². The summed E-state index contributed by atoms with van der Waals surface area (Å²) in [5, 5.41) is 0. The van der Waals surface area contributed by atoms with Gasteiger partial charge in [-0.15, -0.1) is 6.04 Å². The number of rotatable bonds is 1. The molecule has 3 heteroatoms. The first-order valence-corrected chi connectivity index (χ1v) is 3.45. The fourth-order valence-electron chi connectivity index (χ4n) is 1.02. The van der Waals surface area contributed by atoms with E-state index in [0.717, 1.165) is 26.3 Å². The number of hydrogen-bond acceptors (Lipinski definition) is 2. The van der Waals surface area contributed by atoms with Crippen molar-refractivity contribution in [3.8, 4) is 0 Å². The molecule has 0 radical (unpaired) electrons. The zero-order valence-electron chi connectivity index (χ0n) is 6.97. The minimum Gasteiger partial charge on any atom is -0.379 e. The van der Waals surface area contributed by atoms with E-state index >= 15 is 0 Å². The maximum absolute atomic E-state index is 5.18. The molecule has 0 aromatic heterocycles. The van der Waals surface area contributed by atoms with Crippen LogP contribution in [-0.2, 0) is 4.74 Å². The van der Waals surface area contributed by atoms with Gasteiger partial charge < -0.3 is 16.6 Å². The summed E-state index contributed by atoms with van der Waals surface area (Å²) in [6.45, 7) is 9.89. The Labute approximate surface area is 106 Å². The molecule has 2 nitrogen and oxygen atoms in total. The fraction of sp³-hybridized carbons (Fsp3) is 0.857. The zero-order chi connectivity index (χ0) is 6.69. The van der Waals surface area contributed by atoms with Gasteiger partial charge in [0.25, 0.3) is 0 Å². The molecule has 1 aliphatic rings. The Balaban J connectivity index is 0.000000810. The predicted octanol–water partition coefficient (Wildman–Crippen LogP) is -2.45. The molecule has 0 N–H and O–H groups in total. The smallest absolute Gasteiger partial charge is 0.379 e. The van der Waals surface area contributed by atoms with Crippen molar-refractivity contribution in [1.29, 1.82) is 0 Å². The van der Waals surface area contributed by atoms with E-state index in [1.54, 1.807) is 0 Å². The quantitative estimate of drug-likeness (QED) is 0.317. The van der Waals surface area contributed by atoms with E-state index in [2.05, 4.69) is 18.7 Å². The van der Waals surface area contributed by atoms with E-state index in [4.69, 9.17) is 4.74 Å². The second-order valence-corrected chi connectivity index (χ2v) is 2.50. The standard InChI is InChI=1S/C7H14NO.K/c1-7(2)8-3-5-9-6-4-8;/h7H,1,3-6H2,2H3;/q-1;+1. The van der Waals surface area contributed by atoms with Crippen LogP contribution in [0.3, 0.4) is 0 Å². The molecule has 0 bridgehead atoms. The summed E-state index contributed by atoms with van der Waals surface area (Å²) >= 11 is 0. The van der Waals surface area contributed by atoms with Crippen LogP contribution in [0.4, 0.5) is 0 Å². The van der Waals surface area contributed by atoms with Gasteiger partial charge in [-0.25, -0.2) is 0 Å². The number of morpholine rings is 1. The number of nitrogens with zero attached hydrogens (tertiary/aromatic N) is 1. The molecular weight excluding hydrogens is 153 g/mol. The van der Waals surface area contributed by atoms with Crippen molar-refractivity contribution in [2.75, 3.05) is 26.3 Å². The molecule has 0 aromatic rings. The largest absolute Gasteiger partial charge is 1.00 e. The monoisotopic (exact) mass is 167 g/mol. The summed E-state index contributed by atoms with van der Waals surface area (Å²) in [6.07, 6.45) is 0. The summed E-state index contributed by atoms with van der Waals surface area (Å²) in [7, 11) is 0. The average molecular weight is 167 g/mol. The summed E-state index contributed by atoms with van der Waals surface area (Å²) in [5.74, 6) is 0. The third kappa shape index (κ3) is 3.81. The summed E-state index contributed by atoms with van der Waals surface area (Å²) < 4.78 is 5.18. The normalized spacial score (nSPS) is 23.4. The molecule has 1 saturated heterocycles. The molecule has 54 valence electrons. The molecule has 0 spiro atoms. The van der Waals surface area contributed by atoms with E-state index < -0.39 is 0 Å². The molecule has 1 fully saturated rings. The van der Waals surface area contributed by atoms with Crippen molar-refractivity contribution >= 4 is 0 Å². The minimum atomic E-state index is 0. The van der Waals surface area contributed by atoms with Gasteiger partial charge >= 0.3 is 51.4 Å². The molecule has 1 aliphatic heterocycles. The van der Waals surface area contributed by atoms with Gasteiger partial charge in [0.15, 0.2) is 0 Å². The molecule has 1 atom stereocenters. The Morgan fingerprint density at radius 3 is 2.20 bits per heavy atom. The van der Waals surface area contributed by atoms with Gasteiger partial charge in [-0.05, 0) is 0 Å². The predicted molar refractivity (Wildman–Crippen MR) is 37.2 cm³/mol. The minimum absolute atomic E-state index is 0. The van der Waals surface area contributed by atoms with Crippen molar-refractivity contribution in [2.45, 2.75) is 13.0 Å². The molecule has 0 aliphatic carbocycles. The van der Waals surface area contributed by atoms with Gasteiger partial charge in [0.05, 0.1) is 13.2 Å². The third-order valence-corrected chi connectivity index (χ3v) is 1.67. The summed E-state index contributed by atoms with van der Waals surface area (Å²) in [6, 6.07) is 0.439. The molecule has 10 heavy (non-hydrogen) atoms. The summed E-state index contributed by atoms with van der Waals surface area (Å²) in [5.41, 5.74) is 0. The summed E-state index contributed by atoms with van der Waals surface area (Å²) in [4.78, 5) is 2.32. The Morgan fingerprint density at radius 2 is 1.90 bits per heavy atom. The Hall–Kier alpha value is 1.56. The first kappa shape index (κ1) is 11.6. The van der Waals surface area contributed by atoms with Crippen LogP contribution in [0, 0.1) is 6.92 Å². The second kappa shape index (κ2) is 6.11. The van der Waals surface area contributed by atoms with Crippen LogP contribution >= 0.6 is 0 Å². The van der Waals surface area contributed by atoms with E-state index in [-0.39, 0.29) is 51.4 Å². The van der Waals surface area contributed by atoms with Crippen LogP contribution in [0.15, 0.2) is 0 Å². The van der Waals surface area contributed by atoms with Crippen molar-refractivity contribution in [2.24, 2.45) is 0 Å². The van der Waals surface area contributed by atoms with Crippen LogP contribution in [0.2, 0.25) is 0 Å². The number of ether oxygens (including phenoxy) is 1. The first-order valence-electron chi connectivity index (χ1n) is 3.45. The van der Waals surface area contributed by atoms with Gasteiger partial charge in [0.1, 0.15) is 0 Å². The SMILES string of the molecule is [CH2-]C(C)N1CCOCC1.[K+]. The van der Waals surface area contributed by atoms with Crippen LogP contribution < -0.4 is 51.4 Å². The zero-order valence-corrected chi connectivity index (χ0v) is 10.1. The maximum atomic E-state index is 5.18. The van der Waals surface area contributed by atoms with Crippen molar-refractivity contribution < 1.29 is 56.1 Å². The number of hydrogen-bond donors (Lipinski definition) is 0. The van der Waals surface area contributed by atoms with Gasteiger partial charge in [0, 0.05) is 13.1 Å². The van der Waals surface area contributed by atoms with Gasteiger partial charge in [-0.1, -0.05) is 6.92 Å². The fourth-order valence-corrected chi connectivity index (χ4v) is 1.02. The Kier molecular flexibility index (Phi) is 7.07. The van der Waals surface area contributed by atoms with E-state index in [9.17, 15) is 0 Å². The van der Waals surface area contributed by atoms with E-state index in [1.807, 2.05) is 0 Å². The second-order valence-electron chi connectivity index (χ2n) is 2.50. The van der Waals surface area contributed by atoms with Crippen LogP contribution in [0.5, 0.6) is 0 Å². The van der Waals surface area contributed by atoms with E-state index in [0.29, 0.717) is 6.04 Å². The van der Waals surface area contributed by atoms with Crippen molar-refractivity contribution in [3.63, 3.8) is 0 Å². The van der Waals surface area contributed by atoms with Gasteiger partial charge in [-0.2, -0.15) is 0 Å². The van der Waals surface area contributed by atoms with Crippen LogP contribution in [0.25, 0.3) is 0 Å².